The summed E-state index contributed by atoms with van der Waals surface area (Å²) in [6.45, 7) is 0.382. The van der Waals surface area contributed by atoms with Gasteiger partial charge in [-0.15, -0.1) is 0 Å². The highest BCUT2D eigenvalue weighted by molar-refractivity contribution is 7.89. The molecule has 0 saturated carbocycles. The van der Waals surface area contributed by atoms with Crippen molar-refractivity contribution in [3.8, 4) is 0 Å². The maximum absolute atomic E-state index is 12.1. The van der Waals surface area contributed by atoms with Crippen molar-refractivity contribution in [2.45, 2.75) is 18.0 Å². The minimum absolute atomic E-state index is 0.109. The Morgan fingerprint density at radius 2 is 2.05 bits per heavy atom. The van der Waals surface area contributed by atoms with E-state index >= 15 is 0 Å². The highest BCUT2D eigenvalue weighted by Gasteiger charge is 2.16. The Hall–Kier alpha value is -1.70. The van der Waals surface area contributed by atoms with Gasteiger partial charge >= 0.3 is 0 Å². The monoisotopic (exact) mass is 281 g/mol. The number of hydrogen-bond acceptors (Lipinski definition) is 4. The molecular formula is C12H15N3O3S. The summed E-state index contributed by atoms with van der Waals surface area (Å²) in [5.41, 5.74) is 0.383. The van der Waals surface area contributed by atoms with Crippen LogP contribution in [0, 0.1) is 0 Å². The largest absolute Gasteiger partial charge is 0.392 e. The first kappa shape index (κ1) is 13.7. The zero-order valence-electron chi connectivity index (χ0n) is 10.2. The number of aliphatic hydroxyl groups excluding tert-OH is 1. The van der Waals surface area contributed by atoms with Gasteiger partial charge in [-0.05, 0) is 17.7 Å². The van der Waals surface area contributed by atoms with E-state index in [1.165, 1.54) is 6.07 Å². The molecule has 0 amide bonds. The number of hydrogen-bond donors (Lipinski definition) is 2. The Bertz CT molecular complexity index is 623. The zero-order chi connectivity index (χ0) is 13.7. The second kappa shape index (κ2) is 5.96. The molecule has 1 aromatic heterocycles. The number of aromatic nitrogens is 2. The predicted molar refractivity (Wildman–Crippen MR) is 69.8 cm³/mol. The van der Waals surface area contributed by atoms with Crippen LogP contribution < -0.4 is 4.72 Å². The lowest BCUT2D eigenvalue weighted by Gasteiger charge is -2.10. The second-order valence-electron chi connectivity index (χ2n) is 3.93. The van der Waals surface area contributed by atoms with E-state index in [4.69, 9.17) is 5.11 Å². The molecule has 1 aromatic carbocycles. The fraction of sp³-hybridized carbons (Fsp3) is 0.250. The molecule has 0 radical (unpaired) electrons. The zero-order valence-corrected chi connectivity index (χ0v) is 11.0. The number of aliphatic hydroxyl groups is 1. The highest BCUT2D eigenvalue weighted by atomic mass is 32.2. The lowest BCUT2D eigenvalue weighted by molar-refractivity contribution is 0.278. The van der Waals surface area contributed by atoms with Crippen LogP contribution >= 0.6 is 0 Å². The summed E-state index contributed by atoms with van der Waals surface area (Å²) in [7, 11) is -3.61. The Balaban J connectivity index is 2.05. The summed E-state index contributed by atoms with van der Waals surface area (Å²) < 4.78 is 28.3. The first-order chi connectivity index (χ1) is 9.13. The van der Waals surface area contributed by atoms with Gasteiger partial charge < -0.3 is 5.11 Å². The van der Waals surface area contributed by atoms with Crippen LogP contribution in [0.15, 0.2) is 47.6 Å². The van der Waals surface area contributed by atoms with Crippen molar-refractivity contribution < 1.29 is 13.5 Å². The van der Waals surface area contributed by atoms with E-state index in [0.29, 0.717) is 12.1 Å². The number of sulfonamides is 1. The molecule has 2 N–H and O–H groups in total. The minimum Gasteiger partial charge on any atom is -0.392 e. The first-order valence-corrected chi connectivity index (χ1v) is 7.27. The molecule has 0 aliphatic rings. The molecule has 2 rings (SSSR count). The second-order valence-corrected chi connectivity index (χ2v) is 5.67. The minimum atomic E-state index is -3.61. The van der Waals surface area contributed by atoms with E-state index < -0.39 is 10.0 Å². The third kappa shape index (κ3) is 3.40. The summed E-state index contributed by atoms with van der Waals surface area (Å²) in [5, 5.41) is 13.1. The normalized spacial score (nSPS) is 11.6. The lowest BCUT2D eigenvalue weighted by atomic mass is 10.2. The molecule has 0 saturated heterocycles. The first-order valence-electron chi connectivity index (χ1n) is 5.79. The summed E-state index contributed by atoms with van der Waals surface area (Å²) >= 11 is 0. The molecule has 6 nitrogen and oxygen atoms in total. The molecule has 0 bridgehead atoms. The van der Waals surface area contributed by atoms with Crippen LogP contribution in [-0.2, 0) is 23.2 Å². The van der Waals surface area contributed by atoms with Crippen molar-refractivity contribution in [2.24, 2.45) is 0 Å². The van der Waals surface area contributed by atoms with Crippen LogP contribution in [0.4, 0.5) is 0 Å². The molecule has 0 fully saturated rings. The maximum Gasteiger partial charge on any atom is 0.240 e. The standard InChI is InChI=1S/C12H15N3O3S/c16-10-11-4-1-2-5-12(11)19(17,18)14-7-9-15-8-3-6-13-15/h1-6,8,14,16H,7,9-10H2. The van der Waals surface area contributed by atoms with Gasteiger partial charge in [0.2, 0.25) is 10.0 Å². The molecular weight excluding hydrogens is 266 g/mol. The summed E-state index contributed by atoms with van der Waals surface area (Å²) in [6, 6.07) is 8.15. The summed E-state index contributed by atoms with van der Waals surface area (Å²) in [5.74, 6) is 0. The van der Waals surface area contributed by atoms with E-state index in [9.17, 15) is 8.42 Å². The third-order valence-corrected chi connectivity index (χ3v) is 4.19. The molecule has 0 aliphatic heterocycles. The fourth-order valence-corrected chi connectivity index (χ4v) is 2.95. The van der Waals surface area contributed by atoms with Gasteiger partial charge in [0.1, 0.15) is 0 Å². The molecule has 19 heavy (non-hydrogen) atoms. The fourth-order valence-electron chi connectivity index (χ4n) is 1.70. The Labute approximate surface area is 111 Å². The van der Waals surface area contributed by atoms with Crippen LogP contribution in [-0.4, -0.2) is 29.8 Å². The molecule has 2 aromatic rings. The van der Waals surface area contributed by atoms with Crippen molar-refractivity contribution in [3.63, 3.8) is 0 Å². The van der Waals surface area contributed by atoms with Gasteiger partial charge in [-0.3, -0.25) is 4.68 Å². The van der Waals surface area contributed by atoms with Crippen molar-refractivity contribution in [2.75, 3.05) is 6.54 Å². The third-order valence-electron chi connectivity index (χ3n) is 2.62. The number of nitrogens with one attached hydrogen (secondary N) is 1. The molecule has 7 heteroatoms. The van der Waals surface area contributed by atoms with Gasteiger partial charge in [0.15, 0.2) is 0 Å². The van der Waals surface area contributed by atoms with Crippen molar-refractivity contribution >= 4 is 10.0 Å². The smallest absolute Gasteiger partial charge is 0.240 e. The van der Waals surface area contributed by atoms with E-state index in [2.05, 4.69) is 9.82 Å². The van der Waals surface area contributed by atoms with Crippen LogP contribution in [0.1, 0.15) is 5.56 Å². The van der Waals surface area contributed by atoms with Crippen molar-refractivity contribution in [1.82, 2.24) is 14.5 Å². The molecule has 0 aliphatic carbocycles. The summed E-state index contributed by atoms with van der Waals surface area (Å²) in [6.07, 6.45) is 3.39. The van der Waals surface area contributed by atoms with E-state index in [-0.39, 0.29) is 18.0 Å². The van der Waals surface area contributed by atoms with Crippen molar-refractivity contribution in [3.05, 3.63) is 48.3 Å². The van der Waals surface area contributed by atoms with Gasteiger partial charge in [0.25, 0.3) is 0 Å². The van der Waals surface area contributed by atoms with E-state index in [1.54, 1.807) is 41.3 Å². The van der Waals surface area contributed by atoms with Crippen LogP contribution in [0.2, 0.25) is 0 Å². The average molecular weight is 281 g/mol. The van der Waals surface area contributed by atoms with Crippen LogP contribution in [0.5, 0.6) is 0 Å². The summed E-state index contributed by atoms with van der Waals surface area (Å²) in [4.78, 5) is 0.109. The van der Waals surface area contributed by atoms with E-state index in [1.807, 2.05) is 0 Å². The number of benzene rings is 1. The number of rotatable bonds is 6. The van der Waals surface area contributed by atoms with Crippen LogP contribution in [0.25, 0.3) is 0 Å². The molecule has 0 spiro atoms. The van der Waals surface area contributed by atoms with Gasteiger partial charge in [-0.25, -0.2) is 13.1 Å². The lowest BCUT2D eigenvalue weighted by Crippen LogP contribution is -2.28. The quantitative estimate of drug-likeness (QED) is 0.800. The topological polar surface area (TPSA) is 84.2 Å². The SMILES string of the molecule is O=S(=O)(NCCn1cccn1)c1ccccc1CO. The Morgan fingerprint density at radius 1 is 1.26 bits per heavy atom. The van der Waals surface area contributed by atoms with Gasteiger partial charge in [0.05, 0.1) is 18.0 Å². The average Bonchev–Trinajstić information content (AvgIpc) is 2.91. The van der Waals surface area contributed by atoms with Crippen molar-refractivity contribution in [1.29, 1.82) is 0 Å². The Kier molecular flexibility index (Phi) is 4.31. The molecule has 102 valence electrons. The molecule has 1 heterocycles. The molecule has 0 unspecified atom stereocenters. The Morgan fingerprint density at radius 3 is 2.74 bits per heavy atom. The number of nitrogens with zero attached hydrogens (tertiary/aromatic N) is 2. The van der Waals surface area contributed by atoms with E-state index in [0.717, 1.165) is 0 Å². The van der Waals surface area contributed by atoms with Crippen LogP contribution in [0.3, 0.4) is 0 Å². The van der Waals surface area contributed by atoms with Gasteiger partial charge in [0, 0.05) is 18.9 Å². The predicted octanol–water partition coefficient (Wildman–Crippen LogP) is 0.354. The molecule has 0 atom stereocenters. The maximum atomic E-state index is 12.1. The van der Waals surface area contributed by atoms with Gasteiger partial charge in [-0.1, -0.05) is 18.2 Å². The van der Waals surface area contributed by atoms with Gasteiger partial charge in [-0.2, -0.15) is 5.10 Å². The highest BCUT2D eigenvalue weighted by Crippen LogP contribution is 2.14.